The Morgan fingerprint density at radius 1 is 1.14 bits per heavy atom. The van der Waals surface area contributed by atoms with E-state index in [9.17, 15) is 14.4 Å². The predicted molar refractivity (Wildman–Crippen MR) is 107 cm³/mol. The van der Waals surface area contributed by atoms with E-state index in [1.807, 2.05) is 30.3 Å². The molecule has 1 amide bonds. The first-order chi connectivity index (χ1) is 13.8. The van der Waals surface area contributed by atoms with Gasteiger partial charge >= 0.3 is 11.9 Å². The molecule has 0 bridgehead atoms. The summed E-state index contributed by atoms with van der Waals surface area (Å²) in [5, 5.41) is 2.65. The van der Waals surface area contributed by atoms with Crippen LogP contribution in [0.5, 0.6) is 5.75 Å². The standard InChI is InChI=1S/C20H21ClN2O6/c1-27-17-10-15(22)14(21)9-13(17)19(25)29-11-18(24)23-16(20(26)28-2)8-12-6-4-3-5-7-12/h3-7,9-10,16H,8,11,22H2,1-2H3,(H,23,24). The maximum Gasteiger partial charge on any atom is 0.342 e. The van der Waals surface area contributed by atoms with E-state index < -0.39 is 30.5 Å². The average Bonchev–Trinajstić information content (AvgIpc) is 2.73. The molecule has 0 aliphatic carbocycles. The fourth-order valence-corrected chi connectivity index (χ4v) is 2.69. The quantitative estimate of drug-likeness (QED) is 0.495. The lowest BCUT2D eigenvalue weighted by Crippen LogP contribution is -2.44. The van der Waals surface area contributed by atoms with E-state index in [0.717, 1.165) is 5.56 Å². The van der Waals surface area contributed by atoms with Crippen molar-refractivity contribution < 1.29 is 28.6 Å². The van der Waals surface area contributed by atoms with Gasteiger partial charge in [0.2, 0.25) is 0 Å². The highest BCUT2D eigenvalue weighted by Gasteiger charge is 2.23. The first-order valence-corrected chi connectivity index (χ1v) is 8.94. The number of hydrogen-bond acceptors (Lipinski definition) is 7. The zero-order valence-corrected chi connectivity index (χ0v) is 16.7. The topological polar surface area (TPSA) is 117 Å². The van der Waals surface area contributed by atoms with Crippen LogP contribution in [0.3, 0.4) is 0 Å². The Kier molecular flexibility index (Phi) is 7.85. The number of nitrogens with two attached hydrogens (primary N) is 1. The van der Waals surface area contributed by atoms with E-state index >= 15 is 0 Å². The van der Waals surface area contributed by atoms with Crippen molar-refractivity contribution in [2.24, 2.45) is 0 Å². The van der Waals surface area contributed by atoms with E-state index in [4.69, 9.17) is 31.5 Å². The normalized spacial score (nSPS) is 11.3. The molecule has 0 aliphatic heterocycles. The van der Waals surface area contributed by atoms with Gasteiger partial charge in [0.1, 0.15) is 17.4 Å². The number of amides is 1. The largest absolute Gasteiger partial charge is 0.496 e. The zero-order valence-electron chi connectivity index (χ0n) is 15.9. The first kappa shape index (κ1) is 22.0. The van der Waals surface area contributed by atoms with Crippen molar-refractivity contribution in [2.45, 2.75) is 12.5 Å². The molecular formula is C20H21ClN2O6. The molecule has 0 heterocycles. The molecule has 154 valence electrons. The van der Waals surface area contributed by atoms with Crippen molar-refractivity contribution in [2.75, 3.05) is 26.6 Å². The fraction of sp³-hybridized carbons (Fsp3) is 0.250. The van der Waals surface area contributed by atoms with Gasteiger partial charge in [0.25, 0.3) is 5.91 Å². The highest BCUT2D eigenvalue weighted by Crippen LogP contribution is 2.29. The summed E-state index contributed by atoms with van der Waals surface area (Å²) in [5.74, 6) is -1.93. The molecule has 3 N–H and O–H groups in total. The van der Waals surface area contributed by atoms with Crippen molar-refractivity contribution in [3.8, 4) is 5.75 Å². The number of carbonyl (C=O) groups is 3. The van der Waals surface area contributed by atoms with Gasteiger partial charge in [-0.05, 0) is 11.6 Å². The summed E-state index contributed by atoms with van der Waals surface area (Å²) >= 11 is 5.93. The molecular weight excluding hydrogens is 400 g/mol. The number of hydrogen-bond donors (Lipinski definition) is 2. The maximum absolute atomic E-state index is 12.3. The van der Waals surface area contributed by atoms with Crippen molar-refractivity contribution in [3.63, 3.8) is 0 Å². The van der Waals surface area contributed by atoms with Gasteiger partial charge in [-0.3, -0.25) is 4.79 Å². The lowest BCUT2D eigenvalue weighted by atomic mass is 10.1. The van der Waals surface area contributed by atoms with E-state index in [1.165, 1.54) is 26.4 Å². The number of methoxy groups -OCH3 is 2. The molecule has 2 rings (SSSR count). The third kappa shape index (κ3) is 6.11. The molecule has 9 heteroatoms. The molecule has 0 saturated carbocycles. The SMILES string of the molecule is COC(=O)C(Cc1ccccc1)NC(=O)COC(=O)c1cc(Cl)c(N)cc1OC. The summed E-state index contributed by atoms with van der Waals surface area (Å²) < 4.78 is 14.8. The van der Waals surface area contributed by atoms with Crippen LogP contribution in [-0.4, -0.2) is 44.7 Å². The van der Waals surface area contributed by atoms with Gasteiger partial charge in [-0.25, -0.2) is 9.59 Å². The number of rotatable bonds is 8. The summed E-state index contributed by atoms with van der Waals surface area (Å²) in [5.41, 5.74) is 6.77. The van der Waals surface area contributed by atoms with Crippen LogP contribution in [0.15, 0.2) is 42.5 Å². The molecule has 2 aromatic carbocycles. The van der Waals surface area contributed by atoms with Gasteiger partial charge in [-0.1, -0.05) is 41.9 Å². The highest BCUT2D eigenvalue weighted by atomic mass is 35.5. The molecule has 0 spiro atoms. The fourth-order valence-electron chi connectivity index (χ4n) is 2.53. The summed E-state index contributed by atoms with van der Waals surface area (Å²) in [6, 6.07) is 10.9. The molecule has 0 aromatic heterocycles. The van der Waals surface area contributed by atoms with Crippen molar-refractivity contribution in [1.29, 1.82) is 0 Å². The molecule has 1 unspecified atom stereocenters. The molecule has 1 atom stereocenters. The van der Waals surface area contributed by atoms with Crippen molar-refractivity contribution in [1.82, 2.24) is 5.32 Å². The lowest BCUT2D eigenvalue weighted by Gasteiger charge is -2.17. The number of esters is 2. The molecule has 0 aliphatic rings. The second kappa shape index (κ2) is 10.3. The lowest BCUT2D eigenvalue weighted by molar-refractivity contribution is -0.145. The van der Waals surface area contributed by atoms with Gasteiger partial charge in [-0.15, -0.1) is 0 Å². The van der Waals surface area contributed by atoms with Crippen LogP contribution in [0.1, 0.15) is 15.9 Å². The van der Waals surface area contributed by atoms with Crippen LogP contribution >= 0.6 is 11.6 Å². The number of anilines is 1. The third-order valence-corrected chi connectivity index (χ3v) is 4.30. The number of nitrogen functional groups attached to an aromatic ring is 1. The van der Waals surface area contributed by atoms with Gasteiger partial charge in [0.15, 0.2) is 6.61 Å². The number of benzene rings is 2. The predicted octanol–water partition coefficient (Wildman–Crippen LogP) is 1.99. The summed E-state index contributed by atoms with van der Waals surface area (Å²) in [4.78, 5) is 36.5. The zero-order chi connectivity index (χ0) is 21.4. The molecule has 29 heavy (non-hydrogen) atoms. The van der Waals surface area contributed by atoms with E-state index in [-0.39, 0.29) is 28.4 Å². The van der Waals surface area contributed by atoms with Crippen LogP contribution in [0, 0.1) is 0 Å². The van der Waals surface area contributed by atoms with Gasteiger partial charge in [0, 0.05) is 12.5 Å². The Morgan fingerprint density at radius 3 is 2.45 bits per heavy atom. The van der Waals surface area contributed by atoms with E-state index in [1.54, 1.807) is 0 Å². The van der Waals surface area contributed by atoms with Crippen LogP contribution in [-0.2, 0) is 25.5 Å². The molecule has 8 nitrogen and oxygen atoms in total. The van der Waals surface area contributed by atoms with Crippen molar-refractivity contribution in [3.05, 3.63) is 58.6 Å². The number of ether oxygens (including phenoxy) is 3. The summed E-state index contributed by atoms with van der Waals surface area (Å²) in [6.07, 6.45) is 0.231. The molecule has 2 aromatic rings. The van der Waals surface area contributed by atoms with Crippen molar-refractivity contribution >= 4 is 35.1 Å². The minimum absolute atomic E-state index is 0.0216. The summed E-state index contributed by atoms with van der Waals surface area (Å²) in [6.45, 7) is -0.605. The number of carbonyl (C=O) groups excluding carboxylic acids is 3. The number of nitrogens with one attached hydrogen (secondary N) is 1. The van der Waals surface area contributed by atoms with Gasteiger partial charge in [-0.2, -0.15) is 0 Å². The Bertz CT molecular complexity index is 888. The Labute approximate surface area is 172 Å². The second-order valence-corrected chi connectivity index (χ2v) is 6.39. The third-order valence-electron chi connectivity index (χ3n) is 3.98. The monoisotopic (exact) mass is 420 g/mol. The Hall–Kier alpha value is -3.26. The van der Waals surface area contributed by atoms with Crippen LogP contribution in [0.25, 0.3) is 0 Å². The van der Waals surface area contributed by atoms with Crippen LogP contribution in [0.2, 0.25) is 5.02 Å². The Morgan fingerprint density at radius 2 is 1.83 bits per heavy atom. The molecule has 0 fully saturated rings. The van der Waals surface area contributed by atoms with Gasteiger partial charge < -0.3 is 25.3 Å². The highest BCUT2D eigenvalue weighted by molar-refractivity contribution is 6.33. The van der Waals surface area contributed by atoms with Crippen LogP contribution < -0.4 is 15.8 Å². The van der Waals surface area contributed by atoms with Crippen LogP contribution in [0.4, 0.5) is 5.69 Å². The average molecular weight is 421 g/mol. The first-order valence-electron chi connectivity index (χ1n) is 8.57. The summed E-state index contributed by atoms with van der Waals surface area (Å²) in [7, 11) is 2.58. The van der Waals surface area contributed by atoms with E-state index in [0.29, 0.717) is 0 Å². The molecule has 0 radical (unpaired) electrons. The maximum atomic E-state index is 12.3. The molecule has 0 saturated heterocycles. The Balaban J connectivity index is 2.00. The second-order valence-electron chi connectivity index (χ2n) is 5.98. The number of halogens is 1. The van der Waals surface area contributed by atoms with E-state index in [2.05, 4.69) is 5.32 Å². The minimum Gasteiger partial charge on any atom is -0.496 e. The smallest absolute Gasteiger partial charge is 0.342 e. The van der Waals surface area contributed by atoms with Gasteiger partial charge in [0.05, 0.1) is 24.9 Å². The minimum atomic E-state index is -0.922.